The largest absolute Gasteiger partial charge is 0.472 e. The average Bonchev–Trinajstić information content (AvgIpc) is 3.45. The molecule has 31 heavy (non-hydrogen) atoms. The van der Waals surface area contributed by atoms with Crippen LogP contribution in [-0.4, -0.2) is 63.0 Å². The van der Waals surface area contributed by atoms with Gasteiger partial charge in [0, 0.05) is 45.0 Å². The molecule has 2 saturated heterocycles. The zero-order valence-corrected chi connectivity index (χ0v) is 17.7. The maximum atomic E-state index is 12.7. The number of carbonyl (C=O) groups is 1. The number of H-pyrrole nitrogens is 1. The third-order valence-corrected chi connectivity index (χ3v) is 6.11. The molecule has 2 aliphatic rings. The number of carbonyl (C=O) groups excluding carboxylic acids is 1. The summed E-state index contributed by atoms with van der Waals surface area (Å²) in [5.41, 5.74) is 1.95. The van der Waals surface area contributed by atoms with Crippen molar-refractivity contribution in [2.75, 3.05) is 31.1 Å². The van der Waals surface area contributed by atoms with Gasteiger partial charge in [-0.3, -0.25) is 4.79 Å². The molecule has 1 N–H and O–H groups in total. The van der Waals surface area contributed by atoms with Crippen LogP contribution in [0.3, 0.4) is 0 Å². The van der Waals surface area contributed by atoms with Crippen molar-refractivity contribution in [1.82, 2.24) is 24.8 Å². The molecule has 0 bridgehead atoms. The monoisotopic (exact) mass is 420 g/mol. The normalized spacial score (nSPS) is 19.2. The van der Waals surface area contributed by atoms with Gasteiger partial charge in [-0.25, -0.2) is 15.0 Å². The lowest BCUT2D eigenvalue weighted by Gasteiger charge is -2.27. The second-order valence-corrected chi connectivity index (χ2v) is 8.33. The minimum atomic E-state index is -0.0285. The van der Waals surface area contributed by atoms with Gasteiger partial charge in [0.2, 0.25) is 11.8 Å². The van der Waals surface area contributed by atoms with Crippen molar-refractivity contribution < 1.29 is 9.53 Å². The van der Waals surface area contributed by atoms with E-state index in [4.69, 9.17) is 4.74 Å². The number of aromatic nitrogens is 4. The van der Waals surface area contributed by atoms with Crippen LogP contribution < -0.4 is 9.64 Å². The predicted octanol–water partition coefficient (Wildman–Crippen LogP) is 2.96. The zero-order valence-electron chi connectivity index (χ0n) is 17.7. The number of imidazole rings is 1. The molecule has 4 heterocycles. The number of rotatable bonds is 6. The Morgan fingerprint density at radius 2 is 2.00 bits per heavy atom. The van der Waals surface area contributed by atoms with Crippen LogP contribution in [0.4, 0.5) is 5.82 Å². The summed E-state index contributed by atoms with van der Waals surface area (Å²) in [6, 6.07) is 9.85. The molecule has 0 radical (unpaired) electrons. The molecule has 1 unspecified atom stereocenters. The van der Waals surface area contributed by atoms with Crippen LogP contribution in [0.2, 0.25) is 0 Å². The van der Waals surface area contributed by atoms with E-state index in [-0.39, 0.29) is 12.0 Å². The number of aromatic amines is 1. The summed E-state index contributed by atoms with van der Waals surface area (Å²) < 4.78 is 6.10. The highest BCUT2D eigenvalue weighted by atomic mass is 16.5. The van der Waals surface area contributed by atoms with Gasteiger partial charge in [0.1, 0.15) is 24.1 Å². The Morgan fingerprint density at radius 1 is 1.13 bits per heavy atom. The minimum Gasteiger partial charge on any atom is -0.472 e. The molecule has 0 aliphatic carbocycles. The first-order valence-electron chi connectivity index (χ1n) is 11.2. The molecule has 162 valence electrons. The first-order valence-corrected chi connectivity index (χ1v) is 11.2. The summed E-state index contributed by atoms with van der Waals surface area (Å²) in [5, 5.41) is 0. The molecule has 2 fully saturated rings. The number of hydrogen-bond acceptors (Lipinski definition) is 6. The van der Waals surface area contributed by atoms with Crippen LogP contribution in [0.1, 0.15) is 37.9 Å². The number of amides is 1. The molecule has 2 aliphatic heterocycles. The van der Waals surface area contributed by atoms with Gasteiger partial charge in [-0.2, -0.15) is 0 Å². The van der Waals surface area contributed by atoms with E-state index in [1.807, 2.05) is 35.2 Å². The Labute approximate surface area is 181 Å². The number of likely N-dealkylation sites (tertiary alicyclic amines) is 1. The van der Waals surface area contributed by atoms with Gasteiger partial charge >= 0.3 is 0 Å². The number of benzene rings is 1. The van der Waals surface area contributed by atoms with Gasteiger partial charge in [0.15, 0.2) is 0 Å². The topological polar surface area (TPSA) is 87.2 Å². The molecular formula is C23H28N6O2. The quantitative estimate of drug-likeness (QED) is 0.660. The minimum absolute atomic E-state index is 0.0285. The number of fused-ring (bicyclic) bond motifs is 1. The average molecular weight is 421 g/mol. The highest BCUT2D eigenvalue weighted by Crippen LogP contribution is 2.23. The van der Waals surface area contributed by atoms with Crippen LogP contribution in [0.5, 0.6) is 5.88 Å². The molecule has 8 heteroatoms. The fourth-order valence-electron chi connectivity index (χ4n) is 4.42. The van der Waals surface area contributed by atoms with Crippen LogP contribution >= 0.6 is 0 Å². The molecule has 2 aromatic heterocycles. The van der Waals surface area contributed by atoms with E-state index in [1.54, 1.807) is 6.33 Å². The predicted molar refractivity (Wildman–Crippen MR) is 118 cm³/mol. The van der Waals surface area contributed by atoms with Crippen molar-refractivity contribution in [2.24, 2.45) is 0 Å². The third-order valence-electron chi connectivity index (χ3n) is 6.11. The third kappa shape index (κ3) is 4.62. The molecule has 1 aromatic carbocycles. The standard InChI is InChI=1S/C23H28N6O2/c30-23(9-8-20-26-18-6-2-3-7-19(18)27-20)29-13-10-17(15-29)31-22-14-21(24-16-25-22)28-11-4-1-5-12-28/h2-3,6-7,14,16-17H,1,4-5,8-13,15H2,(H,26,27). The lowest BCUT2D eigenvalue weighted by Crippen LogP contribution is -2.31. The number of piperidine rings is 1. The molecule has 5 rings (SSSR count). The summed E-state index contributed by atoms with van der Waals surface area (Å²) in [7, 11) is 0. The lowest BCUT2D eigenvalue weighted by molar-refractivity contribution is -0.130. The van der Waals surface area contributed by atoms with E-state index in [1.165, 1.54) is 19.3 Å². The van der Waals surface area contributed by atoms with Gasteiger partial charge in [-0.1, -0.05) is 12.1 Å². The molecule has 1 atom stereocenters. The van der Waals surface area contributed by atoms with E-state index in [2.05, 4.69) is 24.8 Å². The number of ether oxygens (including phenoxy) is 1. The summed E-state index contributed by atoms with van der Waals surface area (Å²) in [6.45, 7) is 3.39. The fraction of sp³-hybridized carbons (Fsp3) is 0.478. The van der Waals surface area contributed by atoms with E-state index in [9.17, 15) is 4.79 Å². The van der Waals surface area contributed by atoms with Gasteiger partial charge in [0.25, 0.3) is 0 Å². The summed E-state index contributed by atoms with van der Waals surface area (Å²) in [4.78, 5) is 33.4. The fourth-order valence-corrected chi connectivity index (χ4v) is 4.42. The second kappa shape index (κ2) is 8.91. The number of para-hydroxylation sites is 2. The van der Waals surface area contributed by atoms with Crippen LogP contribution in [-0.2, 0) is 11.2 Å². The first-order chi connectivity index (χ1) is 15.2. The summed E-state index contributed by atoms with van der Waals surface area (Å²) >= 11 is 0. The molecule has 0 spiro atoms. The second-order valence-electron chi connectivity index (χ2n) is 8.33. The van der Waals surface area contributed by atoms with Crippen molar-refractivity contribution in [1.29, 1.82) is 0 Å². The zero-order chi connectivity index (χ0) is 21.0. The van der Waals surface area contributed by atoms with Crippen molar-refractivity contribution >= 4 is 22.8 Å². The van der Waals surface area contributed by atoms with Crippen molar-refractivity contribution in [3.05, 3.63) is 42.5 Å². The number of aryl methyl sites for hydroxylation is 1. The van der Waals surface area contributed by atoms with E-state index >= 15 is 0 Å². The van der Waals surface area contributed by atoms with Crippen LogP contribution in [0, 0.1) is 0 Å². The molecule has 8 nitrogen and oxygen atoms in total. The van der Waals surface area contributed by atoms with E-state index in [0.29, 0.717) is 31.8 Å². The van der Waals surface area contributed by atoms with Crippen molar-refractivity contribution in [2.45, 2.75) is 44.6 Å². The number of anilines is 1. The maximum Gasteiger partial charge on any atom is 0.223 e. The van der Waals surface area contributed by atoms with Gasteiger partial charge < -0.3 is 19.5 Å². The molecular weight excluding hydrogens is 392 g/mol. The van der Waals surface area contributed by atoms with Gasteiger partial charge in [-0.05, 0) is 31.4 Å². The number of nitrogens with zero attached hydrogens (tertiary/aromatic N) is 5. The number of nitrogens with one attached hydrogen (secondary N) is 1. The Balaban J connectivity index is 1.13. The van der Waals surface area contributed by atoms with Gasteiger partial charge in [-0.15, -0.1) is 0 Å². The summed E-state index contributed by atoms with van der Waals surface area (Å²) in [6.07, 6.45) is 7.11. The van der Waals surface area contributed by atoms with E-state index < -0.39 is 0 Å². The first kappa shape index (κ1) is 19.8. The maximum absolute atomic E-state index is 12.7. The Morgan fingerprint density at radius 3 is 2.87 bits per heavy atom. The smallest absolute Gasteiger partial charge is 0.223 e. The SMILES string of the molecule is O=C(CCc1nc2ccccc2[nH]1)N1CCC(Oc2cc(N3CCCCC3)ncn2)C1. The van der Waals surface area contributed by atoms with Crippen molar-refractivity contribution in [3.8, 4) is 5.88 Å². The lowest BCUT2D eigenvalue weighted by atomic mass is 10.1. The van der Waals surface area contributed by atoms with Gasteiger partial charge in [0.05, 0.1) is 17.6 Å². The molecule has 0 saturated carbocycles. The highest BCUT2D eigenvalue weighted by Gasteiger charge is 2.28. The highest BCUT2D eigenvalue weighted by molar-refractivity contribution is 5.77. The van der Waals surface area contributed by atoms with Crippen LogP contribution in [0.25, 0.3) is 11.0 Å². The number of hydrogen-bond donors (Lipinski definition) is 1. The Kier molecular flexibility index (Phi) is 5.69. The van der Waals surface area contributed by atoms with Crippen molar-refractivity contribution in [3.63, 3.8) is 0 Å². The Bertz CT molecular complexity index is 1010. The molecule has 3 aromatic rings. The Hall–Kier alpha value is -3.16. The molecule has 1 amide bonds. The summed E-state index contributed by atoms with van der Waals surface area (Å²) in [5.74, 6) is 2.52. The van der Waals surface area contributed by atoms with E-state index in [0.717, 1.165) is 42.2 Å². The van der Waals surface area contributed by atoms with Crippen LogP contribution in [0.15, 0.2) is 36.7 Å².